The van der Waals surface area contributed by atoms with Crippen LogP contribution in [0, 0.1) is 34.0 Å². The minimum absolute atomic E-state index is 0.000756. The summed E-state index contributed by atoms with van der Waals surface area (Å²) < 4.78 is 0. The van der Waals surface area contributed by atoms with Gasteiger partial charge in [-0.25, -0.2) is 0 Å². The number of nitriles is 3. The standard InChI is InChI=1S/C15H12N6O/c16-7-11(8-17)14(9-18)20-12-1-3-13(4-2-12)21-6-5-19-10-15(21)22/h1-4,19-20H,5-6,10H2. The van der Waals surface area contributed by atoms with Crippen LogP contribution < -0.4 is 15.5 Å². The summed E-state index contributed by atoms with van der Waals surface area (Å²) in [4.78, 5) is 13.5. The Morgan fingerprint density at radius 2 is 1.82 bits per heavy atom. The fraction of sp³-hybridized carbons (Fsp3) is 0.200. The van der Waals surface area contributed by atoms with Crippen LogP contribution in [0.25, 0.3) is 0 Å². The number of hydrogen-bond acceptors (Lipinski definition) is 6. The second-order valence-corrected chi connectivity index (χ2v) is 4.48. The highest BCUT2D eigenvalue weighted by Crippen LogP contribution is 2.20. The van der Waals surface area contributed by atoms with E-state index in [9.17, 15) is 4.79 Å². The van der Waals surface area contributed by atoms with Gasteiger partial charge in [0.1, 0.15) is 23.9 Å². The molecule has 0 aromatic heterocycles. The van der Waals surface area contributed by atoms with E-state index < -0.39 is 0 Å². The van der Waals surface area contributed by atoms with Gasteiger partial charge in [-0.05, 0) is 24.3 Å². The van der Waals surface area contributed by atoms with Gasteiger partial charge in [0, 0.05) is 24.5 Å². The minimum atomic E-state index is -0.274. The maximum absolute atomic E-state index is 11.8. The van der Waals surface area contributed by atoms with E-state index in [0.717, 1.165) is 12.2 Å². The van der Waals surface area contributed by atoms with Crippen molar-refractivity contribution in [3.63, 3.8) is 0 Å². The van der Waals surface area contributed by atoms with Crippen LogP contribution in [0.4, 0.5) is 11.4 Å². The highest BCUT2D eigenvalue weighted by molar-refractivity contribution is 5.95. The zero-order chi connectivity index (χ0) is 15.9. The molecule has 1 aromatic carbocycles. The van der Waals surface area contributed by atoms with Crippen LogP contribution in [0.1, 0.15) is 0 Å². The van der Waals surface area contributed by atoms with E-state index in [0.29, 0.717) is 18.8 Å². The van der Waals surface area contributed by atoms with Crippen LogP contribution >= 0.6 is 0 Å². The number of allylic oxidation sites excluding steroid dienone is 2. The Balaban J connectivity index is 2.18. The quantitative estimate of drug-likeness (QED) is 0.798. The van der Waals surface area contributed by atoms with Gasteiger partial charge in [0.05, 0.1) is 6.54 Å². The summed E-state index contributed by atoms with van der Waals surface area (Å²) >= 11 is 0. The Kier molecular flexibility index (Phi) is 4.72. The lowest BCUT2D eigenvalue weighted by molar-refractivity contribution is -0.118. The first-order chi connectivity index (χ1) is 10.7. The van der Waals surface area contributed by atoms with Crippen LogP contribution in [0.2, 0.25) is 0 Å². The van der Waals surface area contributed by atoms with E-state index in [1.807, 2.05) is 0 Å². The molecular weight excluding hydrogens is 280 g/mol. The molecule has 108 valence electrons. The maximum Gasteiger partial charge on any atom is 0.240 e. The molecule has 1 fully saturated rings. The fourth-order valence-electron chi connectivity index (χ4n) is 2.03. The van der Waals surface area contributed by atoms with Gasteiger partial charge >= 0.3 is 0 Å². The summed E-state index contributed by atoms with van der Waals surface area (Å²) in [7, 11) is 0. The molecule has 0 radical (unpaired) electrons. The molecule has 1 aromatic rings. The topological polar surface area (TPSA) is 116 Å². The van der Waals surface area contributed by atoms with Gasteiger partial charge < -0.3 is 15.5 Å². The van der Waals surface area contributed by atoms with Crippen LogP contribution in [0.5, 0.6) is 0 Å². The molecule has 2 rings (SSSR count). The lowest BCUT2D eigenvalue weighted by Crippen LogP contribution is -2.48. The third-order valence-electron chi connectivity index (χ3n) is 3.12. The predicted molar refractivity (Wildman–Crippen MR) is 79.2 cm³/mol. The molecular formula is C15H12N6O. The Morgan fingerprint density at radius 1 is 1.14 bits per heavy atom. The minimum Gasteiger partial charge on any atom is -0.345 e. The number of amides is 1. The zero-order valence-corrected chi connectivity index (χ0v) is 11.6. The molecule has 0 unspecified atom stereocenters. The Morgan fingerprint density at radius 3 is 2.36 bits per heavy atom. The summed E-state index contributed by atoms with van der Waals surface area (Å²) in [5, 5.41) is 32.3. The first-order valence-corrected chi connectivity index (χ1v) is 6.52. The Labute approximate surface area is 127 Å². The third kappa shape index (κ3) is 3.21. The number of carbonyl (C=O) groups excluding carboxylic acids is 1. The maximum atomic E-state index is 11.8. The number of hydrogen-bond donors (Lipinski definition) is 2. The molecule has 0 bridgehead atoms. The average Bonchev–Trinajstić information content (AvgIpc) is 2.56. The van der Waals surface area contributed by atoms with Crippen molar-refractivity contribution in [2.24, 2.45) is 0 Å². The Hall–Kier alpha value is -3.34. The van der Waals surface area contributed by atoms with E-state index in [1.165, 1.54) is 0 Å². The number of benzene rings is 1. The highest BCUT2D eigenvalue weighted by Gasteiger charge is 2.18. The molecule has 2 N–H and O–H groups in total. The summed E-state index contributed by atoms with van der Waals surface area (Å²) in [6.45, 7) is 1.65. The van der Waals surface area contributed by atoms with Crippen molar-refractivity contribution < 1.29 is 4.79 Å². The van der Waals surface area contributed by atoms with Crippen LogP contribution in [-0.4, -0.2) is 25.5 Å². The third-order valence-corrected chi connectivity index (χ3v) is 3.12. The molecule has 1 aliphatic rings. The van der Waals surface area contributed by atoms with Crippen molar-refractivity contribution in [1.82, 2.24) is 5.32 Å². The first-order valence-electron chi connectivity index (χ1n) is 6.52. The lowest BCUT2D eigenvalue weighted by atomic mass is 10.2. The number of rotatable bonds is 3. The Bertz CT molecular complexity index is 713. The van der Waals surface area contributed by atoms with Gasteiger partial charge in [-0.2, -0.15) is 15.8 Å². The molecule has 1 amide bonds. The zero-order valence-electron chi connectivity index (χ0n) is 11.6. The second-order valence-electron chi connectivity index (χ2n) is 4.48. The van der Waals surface area contributed by atoms with E-state index in [1.54, 1.807) is 47.4 Å². The summed E-state index contributed by atoms with van der Waals surface area (Å²) in [5.74, 6) is 0.000756. The van der Waals surface area contributed by atoms with E-state index in [-0.39, 0.29) is 17.2 Å². The van der Waals surface area contributed by atoms with Crippen molar-refractivity contribution in [3.05, 3.63) is 35.5 Å². The van der Waals surface area contributed by atoms with Gasteiger partial charge in [-0.3, -0.25) is 4.79 Å². The number of carbonyl (C=O) groups is 1. The molecule has 7 heteroatoms. The molecule has 0 aliphatic carbocycles. The summed E-state index contributed by atoms with van der Waals surface area (Å²) in [6.07, 6.45) is 0. The molecule has 0 spiro atoms. The number of nitrogens with zero attached hydrogens (tertiary/aromatic N) is 4. The fourth-order valence-corrected chi connectivity index (χ4v) is 2.03. The monoisotopic (exact) mass is 292 g/mol. The molecule has 1 saturated heterocycles. The summed E-state index contributed by atoms with van der Waals surface area (Å²) in [5.41, 5.74) is 0.950. The number of nitrogens with one attached hydrogen (secondary N) is 2. The molecule has 1 aliphatic heterocycles. The SMILES string of the molecule is N#CC(C#N)=C(C#N)Nc1ccc(N2CCNCC2=O)cc1. The number of anilines is 2. The average molecular weight is 292 g/mol. The summed E-state index contributed by atoms with van der Waals surface area (Å²) in [6, 6.07) is 12.0. The second kappa shape index (κ2) is 6.90. The lowest BCUT2D eigenvalue weighted by Gasteiger charge is -2.27. The van der Waals surface area contributed by atoms with Gasteiger partial charge in [0.25, 0.3) is 0 Å². The van der Waals surface area contributed by atoms with Gasteiger partial charge in [0.15, 0.2) is 5.57 Å². The van der Waals surface area contributed by atoms with Gasteiger partial charge in [-0.15, -0.1) is 0 Å². The normalized spacial score (nSPS) is 13.5. The van der Waals surface area contributed by atoms with Crippen molar-refractivity contribution in [3.8, 4) is 18.2 Å². The van der Waals surface area contributed by atoms with Crippen molar-refractivity contribution in [2.45, 2.75) is 0 Å². The highest BCUT2D eigenvalue weighted by atomic mass is 16.2. The van der Waals surface area contributed by atoms with Crippen LogP contribution in [0.3, 0.4) is 0 Å². The van der Waals surface area contributed by atoms with Crippen molar-refractivity contribution >= 4 is 17.3 Å². The molecule has 22 heavy (non-hydrogen) atoms. The molecule has 1 heterocycles. The predicted octanol–water partition coefficient (Wildman–Crippen LogP) is 0.860. The van der Waals surface area contributed by atoms with Crippen molar-refractivity contribution in [1.29, 1.82) is 15.8 Å². The molecule has 0 atom stereocenters. The van der Waals surface area contributed by atoms with Crippen LogP contribution in [-0.2, 0) is 4.79 Å². The van der Waals surface area contributed by atoms with Crippen LogP contribution in [0.15, 0.2) is 35.5 Å². The number of piperazine rings is 1. The first kappa shape index (κ1) is 15.1. The van der Waals surface area contributed by atoms with Gasteiger partial charge in [0.2, 0.25) is 5.91 Å². The van der Waals surface area contributed by atoms with E-state index >= 15 is 0 Å². The molecule has 7 nitrogen and oxygen atoms in total. The van der Waals surface area contributed by atoms with E-state index in [4.69, 9.17) is 15.8 Å². The molecule has 0 saturated carbocycles. The largest absolute Gasteiger partial charge is 0.345 e. The van der Waals surface area contributed by atoms with Crippen molar-refractivity contribution in [2.75, 3.05) is 29.9 Å². The van der Waals surface area contributed by atoms with E-state index in [2.05, 4.69) is 10.6 Å². The smallest absolute Gasteiger partial charge is 0.240 e. The van der Waals surface area contributed by atoms with Gasteiger partial charge in [-0.1, -0.05) is 0 Å².